The van der Waals surface area contributed by atoms with Crippen LogP contribution in [0.4, 0.5) is 10.2 Å². The summed E-state index contributed by atoms with van der Waals surface area (Å²) in [4.78, 5) is 12.8. The Morgan fingerprint density at radius 3 is 2.95 bits per heavy atom. The molecule has 1 amide bonds. The summed E-state index contributed by atoms with van der Waals surface area (Å²) in [5, 5.41) is 12.2. The molecule has 2 aromatic rings. The van der Waals surface area contributed by atoms with Crippen molar-refractivity contribution in [1.29, 1.82) is 0 Å². The van der Waals surface area contributed by atoms with Crippen molar-refractivity contribution in [1.82, 2.24) is 19.8 Å². The van der Waals surface area contributed by atoms with Crippen LogP contribution in [-0.4, -0.2) is 44.5 Å². The average molecular weight is 264 g/mol. The van der Waals surface area contributed by atoms with Gasteiger partial charge in [0.25, 0.3) is 5.91 Å². The van der Waals surface area contributed by atoms with Crippen LogP contribution in [0.25, 0.3) is 5.65 Å². The van der Waals surface area contributed by atoms with Crippen molar-refractivity contribution in [2.45, 2.75) is 19.0 Å². The summed E-state index contributed by atoms with van der Waals surface area (Å²) in [6.07, 6.45) is 0.0865. The van der Waals surface area contributed by atoms with Crippen molar-refractivity contribution in [2.75, 3.05) is 18.0 Å². The molecule has 19 heavy (non-hydrogen) atoms. The molecule has 3 rings (SSSR count). The van der Waals surface area contributed by atoms with Crippen LogP contribution in [0, 0.1) is 6.92 Å². The lowest BCUT2D eigenvalue weighted by atomic mass is 10.1. The summed E-state index contributed by atoms with van der Waals surface area (Å²) in [5.74, 6) is 0.310. The molecule has 0 spiro atoms. The first-order valence-electron chi connectivity index (χ1n) is 5.92. The molecule has 1 aliphatic rings. The molecule has 1 atom stereocenters. The zero-order chi connectivity index (χ0) is 13.6. The molecule has 7 nitrogen and oxygen atoms in total. The number of aryl methyl sites for hydroxylation is 1. The van der Waals surface area contributed by atoms with E-state index in [1.165, 1.54) is 0 Å². The van der Waals surface area contributed by atoms with Crippen molar-refractivity contribution < 1.29 is 9.18 Å². The number of nitrogens with zero attached hydrogens (tertiary/aromatic N) is 5. The molecule has 8 heteroatoms. The second kappa shape index (κ2) is 3.87. The topological polar surface area (TPSA) is 89.4 Å². The fourth-order valence-electron chi connectivity index (χ4n) is 2.22. The second-order valence-electron chi connectivity index (χ2n) is 4.71. The zero-order valence-electron chi connectivity index (χ0n) is 10.4. The maximum absolute atomic E-state index is 14.1. The van der Waals surface area contributed by atoms with Crippen LogP contribution in [0.15, 0.2) is 12.1 Å². The van der Waals surface area contributed by atoms with Crippen LogP contribution in [0.1, 0.15) is 12.2 Å². The molecule has 0 aromatic carbocycles. The highest BCUT2D eigenvalue weighted by Crippen LogP contribution is 2.28. The fourth-order valence-corrected chi connectivity index (χ4v) is 2.22. The van der Waals surface area contributed by atoms with Crippen molar-refractivity contribution in [3.8, 4) is 0 Å². The van der Waals surface area contributed by atoms with Crippen LogP contribution < -0.4 is 10.6 Å². The van der Waals surface area contributed by atoms with Gasteiger partial charge in [-0.2, -0.15) is 4.52 Å². The van der Waals surface area contributed by atoms with E-state index in [1.54, 1.807) is 28.5 Å². The van der Waals surface area contributed by atoms with Gasteiger partial charge in [-0.25, -0.2) is 4.39 Å². The van der Waals surface area contributed by atoms with E-state index in [4.69, 9.17) is 5.73 Å². The summed E-state index contributed by atoms with van der Waals surface area (Å²) >= 11 is 0. The van der Waals surface area contributed by atoms with Gasteiger partial charge in [-0.05, 0) is 19.1 Å². The van der Waals surface area contributed by atoms with Gasteiger partial charge in [0.1, 0.15) is 5.82 Å². The molecular weight excluding hydrogens is 251 g/mol. The number of fused-ring (bicyclic) bond motifs is 1. The number of primary amides is 1. The molecule has 1 saturated heterocycles. The maximum Gasteiger partial charge on any atom is 0.257 e. The van der Waals surface area contributed by atoms with Crippen LogP contribution >= 0.6 is 0 Å². The Hall–Kier alpha value is -2.25. The number of rotatable bonds is 2. The normalized spacial score (nSPS) is 23.2. The minimum Gasteiger partial charge on any atom is -0.367 e. The van der Waals surface area contributed by atoms with Crippen molar-refractivity contribution >= 4 is 17.4 Å². The van der Waals surface area contributed by atoms with E-state index < -0.39 is 11.6 Å². The van der Waals surface area contributed by atoms with Gasteiger partial charge in [-0.1, -0.05) is 0 Å². The first-order chi connectivity index (χ1) is 8.99. The largest absolute Gasteiger partial charge is 0.367 e. The van der Waals surface area contributed by atoms with Gasteiger partial charge in [0, 0.05) is 13.0 Å². The van der Waals surface area contributed by atoms with Gasteiger partial charge in [0.05, 0.1) is 6.54 Å². The molecule has 1 unspecified atom stereocenters. The van der Waals surface area contributed by atoms with Gasteiger partial charge in [-0.3, -0.25) is 4.79 Å². The number of hydrogen-bond acceptors (Lipinski definition) is 5. The molecule has 0 aliphatic carbocycles. The summed E-state index contributed by atoms with van der Waals surface area (Å²) in [5.41, 5.74) is 3.74. The zero-order valence-corrected chi connectivity index (χ0v) is 10.4. The highest BCUT2D eigenvalue weighted by atomic mass is 19.1. The minimum atomic E-state index is -1.97. The van der Waals surface area contributed by atoms with E-state index in [-0.39, 0.29) is 13.0 Å². The summed E-state index contributed by atoms with van der Waals surface area (Å²) < 4.78 is 15.7. The van der Waals surface area contributed by atoms with Crippen molar-refractivity contribution in [3.63, 3.8) is 0 Å². The predicted molar refractivity (Wildman–Crippen MR) is 65.4 cm³/mol. The molecule has 0 saturated carbocycles. The van der Waals surface area contributed by atoms with Gasteiger partial charge in [0.15, 0.2) is 11.5 Å². The number of nitrogens with two attached hydrogens (primary N) is 1. The van der Waals surface area contributed by atoms with Crippen molar-refractivity contribution in [3.05, 3.63) is 18.0 Å². The number of anilines is 1. The standard InChI is InChI=1S/C11H13FN6O/c1-7-14-15-8-2-3-9(16-18(7)8)17-5-4-11(12,6-17)10(13)19/h2-3H,4-6H2,1H3,(H2,13,19). The number of amides is 1. The number of hydrogen-bond donors (Lipinski definition) is 1. The minimum absolute atomic E-state index is 0.0674. The first-order valence-corrected chi connectivity index (χ1v) is 5.92. The maximum atomic E-state index is 14.1. The quantitative estimate of drug-likeness (QED) is 0.813. The van der Waals surface area contributed by atoms with Crippen LogP contribution in [-0.2, 0) is 4.79 Å². The summed E-state index contributed by atoms with van der Waals surface area (Å²) in [6.45, 7) is 2.12. The predicted octanol–water partition coefficient (Wildman–Crippen LogP) is -0.164. The molecule has 1 aliphatic heterocycles. The lowest BCUT2D eigenvalue weighted by Crippen LogP contribution is -2.42. The van der Waals surface area contributed by atoms with E-state index in [2.05, 4.69) is 15.3 Å². The van der Waals surface area contributed by atoms with Gasteiger partial charge in [0.2, 0.25) is 5.67 Å². The summed E-state index contributed by atoms with van der Waals surface area (Å²) in [7, 11) is 0. The molecule has 2 N–H and O–H groups in total. The number of carbonyl (C=O) groups is 1. The Labute approximate surface area is 108 Å². The van der Waals surface area contributed by atoms with E-state index in [0.717, 1.165) is 0 Å². The molecule has 0 bridgehead atoms. The Kier molecular flexibility index (Phi) is 2.41. The Morgan fingerprint density at radius 1 is 1.47 bits per heavy atom. The van der Waals surface area contributed by atoms with Crippen LogP contribution in [0.5, 0.6) is 0 Å². The third kappa shape index (κ3) is 1.79. The third-order valence-corrected chi connectivity index (χ3v) is 3.39. The Bertz CT molecular complexity index is 656. The highest BCUT2D eigenvalue weighted by Gasteiger charge is 2.44. The fraction of sp³-hybridized carbons (Fsp3) is 0.455. The second-order valence-corrected chi connectivity index (χ2v) is 4.71. The SMILES string of the molecule is Cc1nnc2ccc(N3CCC(F)(C(N)=O)C3)nn12. The first kappa shape index (κ1) is 11.8. The number of halogens is 1. The number of aromatic nitrogens is 4. The van der Waals surface area contributed by atoms with Crippen LogP contribution in [0.3, 0.4) is 0 Å². The third-order valence-electron chi connectivity index (χ3n) is 3.39. The average Bonchev–Trinajstić information content (AvgIpc) is 2.95. The van der Waals surface area contributed by atoms with E-state index in [9.17, 15) is 9.18 Å². The van der Waals surface area contributed by atoms with Gasteiger partial charge < -0.3 is 10.6 Å². The Morgan fingerprint density at radius 2 is 2.26 bits per heavy atom. The van der Waals surface area contributed by atoms with Crippen molar-refractivity contribution in [2.24, 2.45) is 5.73 Å². The molecular formula is C11H13FN6O. The number of alkyl halides is 1. The van der Waals surface area contributed by atoms with Gasteiger partial charge in [-0.15, -0.1) is 15.3 Å². The lowest BCUT2D eigenvalue weighted by Gasteiger charge is -2.18. The monoisotopic (exact) mass is 264 g/mol. The lowest BCUT2D eigenvalue weighted by molar-refractivity contribution is -0.128. The highest BCUT2D eigenvalue weighted by molar-refractivity contribution is 5.85. The molecule has 0 radical (unpaired) electrons. The molecule has 100 valence electrons. The number of carbonyl (C=O) groups excluding carboxylic acids is 1. The Balaban J connectivity index is 1.93. The molecule has 2 aromatic heterocycles. The van der Waals surface area contributed by atoms with E-state index in [1.807, 2.05) is 0 Å². The smallest absolute Gasteiger partial charge is 0.257 e. The van der Waals surface area contributed by atoms with E-state index >= 15 is 0 Å². The molecule has 1 fully saturated rings. The van der Waals surface area contributed by atoms with Gasteiger partial charge >= 0.3 is 0 Å². The summed E-state index contributed by atoms with van der Waals surface area (Å²) in [6, 6.07) is 3.49. The van der Waals surface area contributed by atoms with Crippen LogP contribution in [0.2, 0.25) is 0 Å². The molecule has 3 heterocycles. The van der Waals surface area contributed by atoms with E-state index in [0.29, 0.717) is 23.8 Å².